The first-order valence-corrected chi connectivity index (χ1v) is 13.3. The van der Waals surface area contributed by atoms with Crippen molar-refractivity contribution < 1.29 is 9.13 Å². The van der Waals surface area contributed by atoms with Crippen LogP contribution in [-0.2, 0) is 13.1 Å². The molecule has 4 rings (SSSR count). The highest BCUT2D eigenvalue weighted by atomic mass is 15.0. The van der Waals surface area contributed by atoms with Gasteiger partial charge in [-0.1, -0.05) is 93.5 Å². The van der Waals surface area contributed by atoms with Crippen molar-refractivity contribution in [1.29, 1.82) is 0 Å². The molecule has 0 aliphatic heterocycles. The van der Waals surface area contributed by atoms with Gasteiger partial charge in [-0.2, -0.15) is 4.57 Å². The zero-order chi connectivity index (χ0) is 25.0. The van der Waals surface area contributed by atoms with E-state index in [4.69, 9.17) is 0 Å². The second-order valence-electron chi connectivity index (χ2n) is 9.31. The van der Waals surface area contributed by atoms with Gasteiger partial charge in [-0.3, -0.25) is 0 Å². The van der Waals surface area contributed by atoms with E-state index < -0.39 is 0 Å². The van der Waals surface area contributed by atoms with Crippen molar-refractivity contribution in [3.63, 3.8) is 0 Å². The highest BCUT2D eigenvalue weighted by Crippen LogP contribution is 2.20. The Morgan fingerprint density at radius 2 is 1.11 bits per heavy atom. The van der Waals surface area contributed by atoms with E-state index in [-0.39, 0.29) is 0 Å². The van der Waals surface area contributed by atoms with Crippen molar-refractivity contribution in [2.75, 3.05) is 0 Å². The van der Waals surface area contributed by atoms with E-state index in [1.54, 1.807) is 0 Å². The second-order valence-corrected chi connectivity index (χ2v) is 9.31. The minimum Gasteiger partial charge on any atom is -0.205 e. The number of aromatic nitrogens is 2. The number of aryl methyl sites for hydroxylation is 2. The molecule has 0 saturated heterocycles. The van der Waals surface area contributed by atoms with Crippen LogP contribution in [0.2, 0.25) is 0 Å². The van der Waals surface area contributed by atoms with Gasteiger partial charge < -0.3 is 0 Å². The Bertz CT molecular complexity index is 1270. The lowest BCUT2D eigenvalue weighted by atomic mass is 10.0. The van der Waals surface area contributed by atoms with Gasteiger partial charge in [0.25, 0.3) is 0 Å². The molecule has 0 bridgehead atoms. The van der Waals surface area contributed by atoms with Crippen LogP contribution in [0.15, 0.2) is 97.5 Å². The Morgan fingerprint density at radius 1 is 0.556 bits per heavy atom. The zero-order valence-corrected chi connectivity index (χ0v) is 21.7. The van der Waals surface area contributed by atoms with Crippen molar-refractivity contribution >= 4 is 24.3 Å². The predicted molar refractivity (Wildman–Crippen MR) is 153 cm³/mol. The summed E-state index contributed by atoms with van der Waals surface area (Å²) in [7, 11) is 0. The lowest BCUT2D eigenvalue weighted by molar-refractivity contribution is -0.697. The summed E-state index contributed by atoms with van der Waals surface area (Å²) in [6, 6.07) is 28.3. The monoisotopic (exact) mass is 474 g/mol. The number of hydrogen-bond donors (Lipinski definition) is 0. The van der Waals surface area contributed by atoms with E-state index in [0.29, 0.717) is 0 Å². The van der Waals surface area contributed by atoms with Crippen LogP contribution in [0.5, 0.6) is 0 Å². The topological polar surface area (TPSA) is 7.76 Å². The lowest BCUT2D eigenvalue weighted by Gasteiger charge is -2.06. The van der Waals surface area contributed by atoms with Crippen LogP contribution in [0, 0.1) is 0 Å². The minimum atomic E-state index is 1.03. The quantitative estimate of drug-likeness (QED) is 0.195. The van der Waals surface area contributed by atoms with Gasteiger partial charge in [0.15, 0.2) is 18.6 Å². The van der Waals surface area contributed by atoms with Gasteiger partial charge in [0.05, 0.1) is 0 Å². The molecule has 0 spiro atoms. The smallest absolute Gasteiger partial charge is 0.205 e. The van der Waals surface area contributed by atoms with Gasteiger partial charge in [-0.15, -0.1) is 0 Å². The molecule has 0 N–H and O–H groups in total. The van der Waals surface area contributed by atoms with Crippen LogP contribution in [0.25, 0.3) is 35.6 Å². The summed E-state index contributed by atoms with van der Waals surface area (Å²) >= 11 is 0. The maximum atomic E-state index is 2.38. The number of rotatable bonds is 11. The highest BCUT2D eigenvalue weighted by molar-refractivity contribution is 5.73. The van der Waals surface area contributed by atoms with Gasteiger partial charge in [0, 0.05) is 42.7 Å². The first-order chi connectivity index (χ1) is 17.7. The number of unbranched alkanes of at least 4 members (excludes halogenated alkanes) is 2. The molecule has 4 aromatic rings. The molecule has 182 valence electrons. The molecule has 0 fully saturated rings. The van der Waals surface area contributed by atoms with E-state index in [2.05, 4.69) is 145 Å². The number of nitrogens with zero attached hydrogens (tertiary/aromatic N) is 2. The average Bonchev–Trinajstić information content (AvgIpc) is 2.94. The Kier molecular flexibility index (Phi) is 9.39. The summed E-state index contributed by atoms with van der Waals surface area (Å²) in [5.74, 6) is 0. The fourth-order valence-electron chi connectivity index (χ4n) is 4.21. The van der Waals surface area contributed by atoms with Crippen LogP contribution >= 0.6 is 0 Å². The van der Waals surface area contributed by atoms with Crippen LogP contribution < -0.4 is 9.13 Å². The van der Waals surface area contributed by atoms with Crippen molar-refractivity contribution in [3.05, 3.63) is 120 Å². The molecule has 2 heteroatoms. The zero-order valence-electron chi connectivity index (χ0n) is 21.7. The molecule has 2 aromatic heterocycles. The average molecular weight is 475 g/mol. The molecular formula is C34H38N2+2. The molecule has 0 unspecified atom stereocenters. The summed E-state index contributed by atoms with van der Waals surface area (Å²) in [6.07, 6.45) is 20.1. The minimum absolute atomic E-state index is 1.03. The SMILES string of the molecule is CCCC[n+]1ccc(/C=C/c2ccc(-c3cc(/C=C/c4ccccc4)cc[n+]3CCCC)cc2)cc1. The van der Waals surface area contributed by atoms with Crippen molar-refractivity contribution in [2.45, 2.75) is 52.6 Å². The largest absolute Gasteiger partial charge is 0.213 e. The molecule has 2 aromatic carbocycles. The summed E-state index contributed by atoms with van der Waals surface area (Å²) in [6.45, 7) is 6.59. The first kappa shape index (κ1) is 25.3. The third kappa shape index (κ3) is 7.36. The van der Waals surface area contributed by atoms with E-state index in [1.165, 1.54) is 59.2 Å². The number of benzene rings is 2. The van der Waals surface area contributed by atoms with Crippen LogP contribution in [-0.4, -0.2) is 0 Å². The molecular weight excluding hydrogens is 436 g/mol. The van der Waals surface area contributed by atoms with Crippen molar-refractivity contribution in [2.24, 2.45) is 0 Å². The predicted octanol–water partition coefficient (Wildman–Crippen LogP) is 7.87. The second kappa shape index (κ2) is 13.3. The van der Waals surface area contributed by atoms with Gasteiger partial charge in [-0.05, 0) is 34.4 Å². The van der Waals surface area contributed by atoms with Crippen LogP contribution in [0.3, 0.4) is 0 Å². The summed E-state index contributed by atoms with van der Waals surface area (Å²) < 4.78 is 4.64. The highest BCUT2D eigenvalue weighted by Gasteiger charge is 2.13. The van der Waals surface area contributed by atoms with Crippen LogP contribution in [0.4, 0.5) is 0 Å². The molecule has 0 aliphatic carbocycles. The maximum Gasteiger partial charge on any atom is 0.213 e. The standard InChI is InChI=1S/C34H38N2/c1-3-5-23-35-25-20-31(21-26-35)13-12-30-16-18-33(19-17-30)34-28-32(22-27-36(34)24-6-4-2)15-14-29-10-8-7-9-11-29/h7-22,25-28H,3-6,23-24H2,1-2H3/q+2/b13-12+,15-14+. The summed E-state index contributed by atoms with van der Waals surface area (Å²) in [5, 5.41) is 0. The Balaban J connectivity index is 1.52. The van der Waals surface area contributed by atoms with Crippen molar-refractivity contribution in [3.8, 4) is 11.3 Å². The van der Waals surface area contributed by atoms with E-state index in [0.717, 1.165) is 13.1 Å². The Hall–Kier alpha value is -3.78. The molecule has 2 heterocycles. The Morgan fingerprint density at radius 3 is 1.78 bits per heavy atom. The van der Waals surface area contributed by atoms with E-state index >= 15 is 0 Å². The lowest BCUT2D eigenvalue weighted by Crippen LogP contribution is -2.35. The number of hydrogen-bond acceptors (Lipinski definition) is 0. The normalized spacial score (nSPS) is 11.5. The van der Waals surface area contributed by atoms with Gasteiger partial charge >= 0.3 is 0 Å². The molecule has 2 nitrogen and oxygen atoms in total. The third-order valence-corrected chi connectivity index (χ3v) is 6.44. The summed E-state index contributed by atoms with van der Waals surface area (Å²) in [4.78, 5) is 0. The molecule has 0 aliphatic rings. The van der Waals surface area contributed by atoms with E-state index in [9.17, 15) is 0 Å². The van der Waals surface area contributed by atoms with Gasteiger partial charge in [-0.25, -0.2) is 4.57 Å². The van der Waals surface area contributed by atoms with Crippen molar-refractivity contribution in [1.82, 2.24) is 0 Å². The molecule has 0 radical (unpaired) electrons. The van der Waals surface area contributed by atoms with Gasteiger partial charge in [0.2, 0.25) is 5.69 Å². The first-order valence-electron chi connectivity index (χ1n) is 13.3. The third-order valence-electron chi connectivity index (χ3n) is 6.44. The van der Waals surface area contributed by atoms with E-state index in [1.807, 2.05) is 0 Å². The molecule has 36 heavy (non-hydrogen) atoms. The van der Waals surface area contributed by atoms with Gasteiger partial charge in [0.1, 0.15) is 13.1 Å². The summed E-state index contributed by atoms with van der Waals surface area (Å²) in [5.41, 5.74) is 7.37. The maximum absolute atomic E-state index is 2.38. The molecule has 0 amide bonds. The Labute approximate surface area is 216 Å². The fraction of sp³-hybridized carbons (Fsp3) is 0.235. The molecule has 0 saturated carbocycles. The number of pyridine rings is 2. The molecule has 0 atom stereocenters. The van der Waals surface area contributed by atoms with Crippen LogP contribution in [0.1, 0.15) is 61.8 Å². The fourth-order valence-corrected chi connectivity index (χ4v) is 4.21.